The third kappa shape index (κ3) is 7.07. The normalized spacial score (nSPS) is 21.3. The lowest BCUT2D eigenvalue weighted by atomic mass is 9.82. The highest BCUT2D eigenvalue weighted by molar-refractivity contribution is 7.91. The summed E-state index contributed by atoms with van der Waals surface area (Å²) < 4.78 is 31.6. The summed E-state index contributed by atoms with van der Waals surface area (Å²) in [6.45, 7) is 6.29. The first-order valence-electron chi connectivity index (χ1n) is 11.3. The summed E-state index contributed by atoms with van der Waals surface area (Å²) in [5.74, 6) is -0.203. The van der Waals surface area contributed by atoms with E-state index in [2.05, 4.69) is 24.5 Å². The van der Waals surface area contributed by atoms with Crippen molar-refractivity contribution in [2.75, 3.05) is 5.75 Å². The van der Waals surface area contributed by atoms with Gasteiger partial charge in [-0.1, -0.05) is 61.9 Å². The summed E-state index contributed by atoms with van der Waals surface area (Å²) in [4.78, 5) is 12.8. The van der Waals surface area contributed by atoms with Crippen LogP contribution in [0.1, 0.15) is 44.2 Å². The molecule has 1 aliphatic rings. The number of ether oxygens (including phenoxy) is 1. The molecule has 7 heteroatoms. The highest BCUT2D eigenvalue weighted by Gasteiger charge is 2.35. The molecular formula is C25H34N2O4S. The van der Waals surface area contributed by atoms with Gasteiger partial charge in [-0.25, -0.2) is 13.2 Å². The van der Waals surface area contributed by atoms with Crippen LogP contribution in [0.15, 0.2) is 59.5 Å². The summed E-state index contributed by atoms with van der Waals surface area (Å²) in [5.41, 5.74) is 1.93. The third-order valence-corrected chi connectivity index (χ3v) is 7.74. The zero-order valence-corrected chi connectivity index (χ0v) is 19.9. The molecular weight excluding hydrogens is 424 g/mol. The molecule has 1 amide bonds. The van der Waals surface area contributed by atoms with E-state index < -0.39 is 15.9 Å². The number of hydrogen-bond acceptors (Lipinski definition) is 5. The first-order valence-corrected chi connectivity index (χ1v) is 12.9. The Morgan fingerprint density at radius 2 is 1.75 bits per heavy atom. The number of nitrogens with one attached hydrogen (secondary N) is 2. The van der Waals surface area contributed by atoms with Crippen molar-refractivity contribution >= 4 is 15.9 Å². The Kier molecular flexibility index (Phi) is 8.32. The minimum Gasteiger partial charge on any atom is -0.445 e. The van der Waals surface area contributed by atoms with Crippen molar-refractivity contribution in [3.8, 4) is 0 Å². The van der Waals surface area contributed by atoms with Crippen LogP contribution in [0.5, 0.6) is 0 Å². The van der Waals surface area contributed by atoms with E-state index in [9.17, 15) is 13.2 Å². The van der Waals surface area contributed by atoms with E-state index in [1.807, 2.05) is 49.4 Å². The van der Waals surface area contributed by atoms with Gasteiger partial charge in [0, 0.05) is 18.1 Å². The van der Waals surface area contributed by atoms with Gasteiger partial charge in [0.05, 0.1) is 10.6 Å². The van der Waals surface area contributed by atoms with Gasteiger partial charge < -0.3 is 15.4 Å². The number of carbonyl (C=O) groups excluding carboxylic acids is 1. The van der Waals surface area contributed by atoms with E-state index in [-0.39, 0.29) is 30.4 Å². The Balaban J connectivity index is 1.68. The number of hydrogen-bond donors (Lipinski definition) is 2. The van der Waals surface area contributed by atoms with E-state index in [1.54, 1.807) is 12.1 Å². The summed E-state index contributed by atoms with van der Waals surface area (Å²) in [7, 11) is -3.47. The molecule has 3 atom stereocenters. The van der Waals surface area contributed by atoms with Gasteiger partial charge in [0.1, 0.15) is 6.61 Å². The van der Waals surface area contributed by atoms with Crippen LogP contribution in [0.2, 0.25) is 0 Å². The largest absolute Gasteiger partial charge is 0.445 e. The highest BCUT2D eigenvalue weighted by Crippen LogP contribution is 2.29. The van der Waals surface area contributed by atoms with Crippen molar-refractivity contribution in [2.24, 2.45) is 5.92 Å². The van der Waals surface area contributed by atoms with Gasteiger partial charge in [0.2, 0.25) is 0 Å². The molecule has 2 N–H and O–H groups in total. The van der Waals surface area contributed by atoms with Crippen LogP contribution in [0, 0.1) is 12.8 Å². The van der Waals surface area contributed by atoms with Crippen molar-refractivity contribution in [1.82, 2.24) is 10.6 Å². The first kappa shape index (κ1) is 24.3. The maximum Gasteiger partial charge on any atom is 0.407 e. The molecule has 0 spiro atoms. The molecule has 6 nitrogen and oxygen atoms in total. The Morgan fingerprint density at radius 1 is 1.06 bits per heavy atom. The van der Waals surface area contributed by atoms with Crippen LogP contribution >= 0.6 is 0 Å². The molecule has 0 saturated heterocycles. The molecule has 32 heavy (non-hydrogen) atoms. The number of sulfone groups is 1. The summed E-state index contributed by atoms with van der Waals surface area (Å²) in [5, 5.41) is 6.47. The predicted octanol–water partition coefficient (Wildman–Crippen LogP) is 4.23. The van der Waals surface area contributed by atoms with Crippen molar-refractivity contribution < 1.29 is 17.9 Å². The highest BCUT2D eigenvalue weighted by atomic mass is 32.2. The SMILES string of the molecule is Cc1ccc(S(=O)(=O)C[C@@H]2C[C@H](NC(C)C)CC[C@@H]2NC(=O)OCc2ccccc2)cc1. The molecule has 1 fully saturated rings. The summed E-state index contributed by atoms with van der Waals surface area (Å²) >= 11 is 0. The number of benzene rings is 2. The Labute approximate surface area is 191 Å². The molecule has 0 aliphatic heterocycles. The second-order valence-corrected chi connectivity index (χ2v) is 11.0. The van der Waals surface area contributed by atoms with E-state index in [1.165, 1.54) is 0 Å². The minimum absolute atomic E-state index is 0.00400. The lowest BCUT2D eigenvalue weighted by Crippen LogP contribution is -2.50. The van der Waals surface area contributed by atoms with Gasteiger partial charge in [-0.15, -0.1) is 0 Å². The van der Waals surface area contributed by atoms with Gasteiger partial charge in [-0.2, -0.15) is 0 Å². The van der Waals surface area contributed by atoms with Crippen LogP contribution in [0.4, 0.5) is 4.79 Å². The van der Waals surface area contributed by atoms with E-state index in [4.69, 9.17) is 4.74 Å². The van der Waals surface area contributed by atoms with Gasteiger partial charge >= 0.3 is 6.09 Å². The molecule has 0 aromatic heterocycles. The molecule has 3 rings (SSSR count). The second-order valence-electron chi connectivity index (χ2n) is 9.00. The van der Waals surface area contributed by atoms with Gasteiger partial charge in [-0.3, -0.25) is 0 Å². The smallest absolute Gasteiger partial charge is 0.407 e. The lowest BCUT2D eigenvalue weighted by molar-refractivity contribution is 0.125. The molecule has 2 aromatic carbocycles. The molecule has 0 unspecified atom stereocenters. The van der Waals surface area contributed by atoms with E-state index >= 15 is 0 Å². The molecule has 0 bridgehead atoms. The van der Waals surface area contributed by atoms with Crippen LogP contribution in [-0.2, 0) is 21.2 Å². The summed E-state index contributed by atoms with van der Waals surface area (Å²) in [6, 6.07) is 16.7. The first-order chi connectivity index (χ1) is 15.2. The Hall–Kier alpha value is -2.38. The van der Waals surface area contributed by atoms with Gasteiger partial charge in [0.15, 0.2) is 9.84 Å². The average molecular weight is 459 g/mol. The molecule has 174 valence electrons. The topological polar surface area (TPSA) is 84.5 Å². The zero-order chi connectivity index (χ0) is 23.1. The van der Waals surface area contributed by atoms with Crippen molar-refractivity contribution in [3.63, 3.8) is 0 Å². The lowest BCUT2D eigenvalue weighted by Gasteiger charge is -2.37. The van der Waals surface area contributed by atoms with Gasteiger partial charge in [-0.05, 0) is 49.8 Å². The number of carbonyl (C=O) groups is 1. The number of aryl methyl sites for hydroxylation is 1. The van der Waals surface area contributed by atoms with Crippen LogP contribution in [0.25, 0.3) is 0 Å². The standard InChI is InChI=1S/C25H34N2O4S/c1-18(2)26-22-11-14-24(27-25(28)31-16-20-7-5-4-6-8-20)21(15-22)17-32(29,30)23-12-9-19(3)10-13-23/h4-10,12-13,18,21-22,24,26H,11,14-17H2,1-3H3,(H,27,28)/t21-,22+,24-/m0/s1. The minimum atomic E-state index is -3.47. The average Bonchev–Trinajstić information content (AvgIpc) is 2.74. The van der Waals surface area contributed by atoms with Crippen LogP contribution in [-0.4, -0.2) is 38.4 Å². The number of rotatable bonds is 8. The Morgan fingerprint density at radius 3 is 2.41 bits per heavy atom. The maximum atomic E-state index is 13.1. The quantitative estimate of drug-likeness (QED) is 0.618. The van der Waals surface area contributed by atoms with Crippen LogP contribution in [0.3, 0.4) is 0 Å². The van der Waals surface area contributed by atoms with E-state index in [0.717, 1.165) is 17.5 Å². The number of alkyl carbamates (subject to hydrolysis) is 1. The fraction of sp³-hybridized carbons (Fsp3) is 0.480. The molecule has 0 radical (unpaired) electrons. The maximum absolute atomic E-state index is 13.1. The molecule has 1 saturated carbocycles. The van der Waals surface area contributed by atoms with E-state index in [0.29, 0.717) is 23.8 Å². The molecule has 0 heterocycles. The zero-order valence-electron chi connectivity index (χ0n) is 19.1. The fourth-order valence-corrected chi connectivity index (χ4v) is 5.98. The van der Waals surface area contributed by atoms with Crippen molar-refractivity contribution in [1.29, 1.82) is 0 Å². The molecule has 1 aliphatic carbocycles. The van der Waals surface area contributed by atoms with Crippen molar-refractivity contribution in [2.45, 2.75) is 69.7 Å². The fourth-order valence-electron chi connectivity index (χ4n) is 4.30. The third-order valence-electron chi connectivity index (χ3n) is 5.88. The summed E-state index contributed by atoms with van der Waals surface area (Å²) in [6.07, 6.45) is 1.76. The second kappa shape index (κ2) is 11.0. The van der Waals surface area contributed by atoms with Gasteiger partial charge in [0.25, 0.3) is 0 Å². The van der Waals surface area contributed by atoms with Crippen molar-refractivity contribution in [3.05, 3.63) is 65.7 Å². The van der Waals surface area contributed by atoms with Crippen LogP contribution < -0.4 is 10.6 Å². The Bertz CT molecular complexity index is 975. The molecule has 2 aromatic rings. The predicted molar refractivity (Wildman–Crippen MR) is 126 cm³/mol. The monoisotopic (exact) mass is 458 g/mol. The number of amides is 1.